The van der Waals surface area contributed by atoms with E-state index in [2.05, 4.69) is 30.4 Å². The summed E-state index contributed by atoms with van der Waals surface area (Å²) in [6.07, 6.45) is 2.99. The van der Waals surface area contributed by atoms with E-state index >= 15 is 0 Å². The predicted octanol–water partition coefficient (Wildman–Crippen LogP) is -1.56. The number of nitrogens with one attached hydrogen (secondary N) is 2. The van der Waals surface area contributed by atoms with Gasteiger partial charge in [-0.25, -0.2) is 0 Å². The fraction of sp³-hybridized carbons (Fsp3) is 0.385. The zero-order valence-electron chi connectivity index (χ0n) is 11.1. The average molecular weight is 284 g/mol. The molecule has 0 heterocycles. The first-order valence-corrected chi connectivity index (χ1v) is 5.76. The number of aliphatic hydroxyl groups is 3. The second-order valence-corrected chi connectivity index (χ2v) is 4.15. The quantitative estimate of drug-likeness (QED) is 0.199. The lowest BCUT2D eigenvalue weighted by Crippen LogP contribution is -2.71. The number of aliphatic hydroxyl groups excluding tert-OH is 3. The molecule has 5 N–H and O–H groups in total. The largest absolute Gasteiger partial charge is 0.395 e. The van der Waals surface area contributed by atoms with E-state index < -0.39 is 42.7 Å². The Morgan fingerprint density at radius 1 is 0.900 bits per heavy atom. The maximum Gasteiger partial charge on any atom is 0.245 e. The standard InChI is InChI=1S/C13H20N2O5/c1-4-10(19)14-13(6-3,15-11(20)5-2)12(7-16,8-17)9-18/h4-6,16-18H,1-3,7-9H2,(H,14,19)(H,15,20). The number of hydrogen-bond acceptors (Lipinski definition) is 5. The van der Waals surface area contributed by atoms with E-state index in [0.29, 0.717) is 0 Å². The van der Waals surface area contributed by atoms with Gasteiger partial charge in [-0.1, -0.05) is 19.7 Å². The molecule has 0 atom stereocenters. The van der Waals surface area contributed by atoms with Gasteiger partial charge in [0.1, 0.15) is 5.66 Å². The fourth-order valence-corrected chi connectivity index (χ4v) is 1.63. The molecule has 112 valence electrons. The summed E-state index contributed by atoms with van der Waals surface area (Å²) >= 11 is 0. The second-order valence-electron chi connectivity index (χ2n) is 4.15. The van der Waals surface area contributed by atoms with Gasteiger partial charge in [0, 0.05) is 0 Å². The summed E-state index contributed by atoms with van der Waals surface area (Å²) in [5.41, 5.74) is -3.44. The molecule has 2 amide bonds. The maximum absolute atomic E-state index is 11.6. The highest BCUT2D eigenvalue weighted by atomic mass is 16.3. The first-order valence-electron chi connectivity index (χ1n) is 5.76. The monoisotopic (exact) mass is 284 g/mol. The van der Waals surface area contributed by atoms with E-state index in [1.165, 1.54) is 0 Å². The van der Waals surface area contributed by atoms with Gasteiger partial charge in [-0.3, -0.25) is 9.59 Å². The van der Waals surface area contributed by atoms with Gasteiger partial charge in [0.25, 0.3) is 0 Å². The number of carbonyl (C=O) groups excluding carboxylic acids is 2. The molecule has 0 aliphatic heterocycles. The molecule has 7 nitrogen and oxygen atoms in total. The van der Waals surface area contributed by atoms with E-state index in [-0.39, 0.29) is 0 Å². The third kappa shape index (κ3) is 3.32. The summed E-state index contributed by atoms with van der Waals surface area (Å²) in [4.78, 5) is 23.1. The van der Waals surface area contributed by atoms with Crippen LogP contribution in [0.4, 0.5) is 0 Å². The lowest BCUT2D eigenvalue weighted by molar-refractivity contribution is -0.129. The van der Waals surface area contributed by atoms with E-state index in [4.69, 9.17) is 0 Å². The fourth-order valence-electron chi connectivity index (χ4n) is 1.63. The van der Waals surface area contributed by atoms with E-state index in [1.54, 1.807) is 0 Å². The molecule has 0 fully saturated rings. The molecule has 0 saturated carbocycles. The van der Waals surface area contributed by atoms with Gasteiger partial charge in [-0.05, 0) is 18.2 Å². The number of carbonyl (C=O) groups is 2. The van der Waals surface area contributed by atoms with E-state index in [1.807, 2.05) is 0 Å². The van der Waals surface area contributed by atoms with Crippen LogP contribution in [-0.4, -0.2) is 52.6 Å². The second kappa shape index (κ2) is 7.59. The van der Waals surface area contributed by atoms with Crippen molar-refractivity contribution in [3.05, 3.63) is 38.0 Å². The van der Waals surface area contributed by atoms with Crippen LogP contribution in [-0.2, 0) is 9.59 Å². The molecule has 0 aromatic carbocycles. The summed E-state index contributed by atoms with van der Waals surface area (Å²) in [6.45, 7) is 7.86. The van der Waals surface area contributed by atoms with Gasteiger partial charge >= 0.3 is 0 Å². The van der Waals surface area contributed by atoms with Gasteiger partial charge in [-0.15, -0.1) is 0 Å². The van der Waals surface area contributed by atoms with Crippen molar-refractivity contribution in [2.75, 3.05) is 19.8 Å². The molecular weight excluding hydrogens is 264 g/mol. The van der Waals surface area contributed by atoms with Crippen molar-refractivity contribution in [3.63, 3.8) is 0 Å². The van der Waals surface area contributed by atoms with Crippen molar-refractivity contribution in [2.24, 2.45) is 5.41 Å². The van der Waals surface area contributed by atoms with Crippen molar-refractivity contribution >= 4 is 11.8 Å². The van der Waals surface area contributed by atoms with E-state index in [9.17, 15) is 24.9 Å². The predicted molar refractivity (Wildman–Crippen MR) is 73.3 cm³/mol. The summed E-state index contributed by atoms with van der Waals surface area (Å²) in [7, 11) is 0. The van der Waals surface area contributed by atoms with Crippen LogP contribution in [0.2, 0.25) is 0 Å². The SMILES string of the molecule is C=CC(=O)NC(C=C)(NC(=O)C=C)C(CO)(CO)CO. The van der Waals surface area contributed by atoms with Gasteiger partial charge in [-0.2, -0.15) is 0 Å². The zero-order chi connectivity index (χ0) is 15.8. The van der Waals surface area contributed by atoms with Crippen molar-refractivity contribution < 1.29 is 24.9 Å². The van der Waals surface area contributed by atoms with E-state index in [0.717, 1.165) is 18.2 Å². The Bertz CT molecular complexity index is 371. The van der Waals surface area contributed by atoms with Crippen LogP contribution in [0, 0.1) is 5.41 Å². The Morgan fingerprint density at radius 3 is 1.45 bits per heavy atom. The van der Waals surface area contributed by atoms with Crippen LogP contribution < -0.4 is 10.6 Å². The minimum absolute atomic E-state index is 0.686. The highest BCUT2D eigenvalue weighted by Gasteiger charge is 2.50. The van der Waals surface area contributed by atoms with Gasteiger partial charge < -0.3 is 26.0 Å². The van der Waals surface area contributed by atoms with Crippen LogP contribution in [0.25, 0.3) is 0 Å². The Morgan fingerprint density at radius 2 is 1.25 bits per heavy atom. The van der Waals surface area contributed by atoms with Crippen LogP contribution in [0.1, 0.15) is 0 Å². The van der Waals surface area contributed by atoms with Crippen molar-refractivity contribution in [1.82, 2.24) is 10.6 Å². The minimum atomic E-state index is -1.78. The van der Waals surface area contributed by atoms with Gasteiger partial charge in [0.2, 0.25) is 11.8 Å². The lowest BCUT2D eigenvalue weighted by atomic mass is 9.76. The first-order chi connectivity index (χ1) is 9.40. The summed E-state index contributed by atoms with van der Waals surface area (Å²) in [5, 5.41) is 33.2. The normalized spacial score (nSPS) is 11.3. The summed E-state index contributed by atoms with van der Waals surface area (Å²) in [5.74, 6) is -1.37. The molecule has 20 heavy (non-hydrogen) atoms. The summed E-state index contributed by atoms with van der Waals surface area (Å²) < 4.78 is 0. The van der Waals surface area contributed by atoms with Crippen molar-refractivity contribution in [2.45, 2.75) is 5.66 Å². The van der Waals surface area contributed by atoms with Gasteiger partial charge in [0.05, 0.1) is 25.2 Å². The topological polar surface area (TPSA) is 119 Å². The maximum atomic E-state index is 11.6. The average Bonchev–Trinajstić information content (AvgIpc) is 2.48. The highest BCUT2D eigenvalue weighted by Crippen LogP contribution is 2.30. The number of hydrogen-bond donors (Lipinski definition) is 5. The van der Waals surface area contributed by atoms with Crippen LogP contribution >= 0.6 is 0 Å². The molecule has 0 spiro atoms. The molecule has 0 bridgehead atoms. The third-order valence-corrected chi connectivity index (χ3v) is 3.06. The molecule has 0 saturated heterocycles. The molecule has 7 heteroatoms. The van der Waals surface area contributed by atoms with Crippen LogP contribution in [0.3, 0.4) is 0 Å². The Kier molecular flexibility index (Phi) is 6.84. The minimum Gasteiger partial charge on any atom is -0.395 e. The van der Waals surface area contributed by atoms with Crippen molar-refractivity contribution in [1.29, 1.82) is 0 Å². The smallest absolute Gasteiger partial charge is 0.245 e. The molecule has 0 aliphatic rings. The number of amides is 2. The Balaban J connectivity index is 5.89. The van der Waals surface area contributed by atoms with Crippen molar-refractivity contribution in [3.8, 4) is 0 Å². The van der Waals surface area contributed by atoms with Crippen LogP contribution in [0.5, 0.6) is 0 Å². The molecule has 0 aromatic rings. The lowest BCUT2D eigenvalue weighted by Gasteiger charge is -2.46. The third-order valence-electron chi connectivity index (χ3n) is 3.06. The first kappa shape index (κ1) is 18.0. The molecule has 0 radical (unpaired) electrons. The Labute approximate surface area is 117 Å². The molecule has 0 unspecified atom stereocenters. The zero-order valence-corrected chi connectivity index (χ0v) is 11.1. The molecule has 0 rings (SSSR count). The molecular formula is C13H20N2O5. The molecule has 0 aromatic heterocycles. The highest BCUT2D eigenvalue weighted by molar-refractivity contribution is 5.91. The Hall–Kier alpha value is -1.96. The summed E-state index contributed by atoms with van der Waals surface area (Å²) in [6, 6.07) is 0. The molecule has 0 aliphatic carbocycles. The van der Waals surface area contributed by atoms with Crippen LogP contribution in [0.15, 0.2) is 38.0 Å². The number of rotatable bonds is 9. The van der Waals surface area contributed by atoms with Gasteiger partial charge in [0.15, 0.2) is 0 Å².